The van der Waals surface area contributed by atoms with Crippen molar-refractivity contribution in [2.45, 2.75) is 13.8 Å². The van der Waals surface area contributed by atoms with E-state index in [4.69, 9.17) is 5.73 Å². The van der Waals surface area contributed by atoms with Gasteiger partial charge in [-0.1, -0.05) is 0 Å². The van der Waals surface area contributed by atoms with Crippen LogP contribution in [-0.2, 0) is 4.79 Å². The average Bonchev–Trinajstić information content (AvgIpc) is 2.07. The van der Waals surface area contributed by atoms with Gasteiger partial charge in [0.2, 0.25) is 5.91 Å². The van der Waals surface area contributed by atoms with E-state index in [0.717, 1.165) is 0 Å². The number of rotatable bonds is 2. The monoisotopic (exact) mass is 192 g/mol. The first kappa shape index (κ1) is 10.2. The van der Waals surface area contributed by atoms with Crippen LogP contribution in [0.15, 0.2) is 18.2 Å². The van der Waals surface area contributed by atoms with E-state index in [1.54, 1.807) is 18.2 Å². The molecule has 0 aliphatic rings. The predicted octanol–water partition coefficient (Wildman–Crippen LogP) is 1.43. The summed E-state index contributed by atoms with van der Waals surface area (Å²) in [4.78, 5) is 21.7. The normalized spacial score (nSPS) is 9.57. The fourth-order valence-electron chi connectivity index (χ4n) is 1.09. The van der Waals surface area contributed by atoms with Crippen LogP contribution in [0.4, 0.5) is 11.4 Å². The van der Waals surface area contributed by atoms with E-state index < -0.39 is 0 Å². The molecular weight excluding hydrogens is 180 g/mol. The van der Waals surface area contributed by atoms with E-state index in [9.17, 15) is 9.59 Å². The summed E-state index contributed by atoms with van der Waals surface area (Å²) in [6.07, 6.45) is 0. The first-order valence-corrected chi connectivity index (χ1v) is 4.18. The van der Waals surface area contributed by atoms with Gasteiger partial charge in [0.15, 0.2) is 5.78 Å². The van der Waals surface area contributed by atoms with Gasteiger partial charge in [-0.25, -0.2) is 0 Å². The molecular formula is C10H12N2O2. The van der Waals surface area contributed by atoms with E-state index >= 15 is 0 Å². The first-order valence-electron chi connectivity index (χ1n) is 4.18. The number of anilines is 2. The fourth-order valence-corrected chi connectivity index (χ4v) is 1.09. The molecule has 0 aliphatic carbocycles. The van der Waals surface area contributed by atoms with Crippen molar-refractivity contribution in [1.82, 2.24) is 0 Å². The van der Waals surface area contributed by atoms with Crippen LogP contribution in [0.2, 0.25) is 0 Å². The predicted molar refractivity (Wildman–Crippen MR) is 55.2 cm³/mol. The third-order valence-corrected chi connectivity index (χ3v) is 1.77. The first-order chi connectivity index (χ1) is 6.50. The van der Waals surface area contributed by atoms with Crippen LogP contribution >= 0.6 is 0 Å². The largest absolute Gasteiger partial charge is 0.397 e. The van der Waals surface area contributed by atoms with Crippen LogP contribution in [0, 0.1) is 0 Å². The van der Waals surface area contributed by atoms with Crippen molar-refractivity contribution in [3.05, 3.63) is 23.8 Å². The van der Waals surface area contributed by atoms with Crippen LogP contribution in [0.25, 0.3) is 0 Å². The highest BCUT2D eigenvalue weighted by Crippen LogP contribution is 2.19. The Morgan fingerprint density at radius 2 is 1.93 bits per heavy atom. The van der Waals surface area contributed by atoms with Gasteiger partial charge in [0.1, 0.15) is 0 Å². The Morgan fingerprint density at radius 1 is 1.29 bits per heavy atom. The van der Waals surface area contributed by atoms with Crippen molar-refractivity contribution in [3.63, 3.8) is 0 Å². The van der Waals surface area contributed by atoms with Crippen LogP contribution in [-0.4, -0.2) is 11.7 Å². The van der Waals surface area contributed by atoms with Crippen molar-refractivity contribution < 1.29 is 9.59 Å². The van der Waals surface area contributed by atoms with Crippen molar-refractivity contribution in [3.8, 4) is 0 Å². The summed E-state index contributed by atoms with van der Waals surface area (Å²) in [5.41, 5.74) is 7.11. The number of carbonyl (C=O) groups is 2. The molecule has 0 aromatic heterocycles. The highest BCUT2D eigenvalue weighted by molar-refractivity contribution is 5.98. The molecule has 0 atom stereocenters. The molecule has 4 heteroatoms. The van der Waals surface area contributed by atoms with E-state index in [0.29, 0.717) is 16.9 Å². The van der Waals surface area contributed by atoms with Gasteiger partial charge in [-0.15, -0.1) is 0 Å². The zero-order valence-corrected chi connectivity index (χ0v) is 8.13. The smallest absolute Gasteiger partial charge is 0.221 e. The van der Waals surface area contributed by atoms with Gasteiger partial charge in [-0.2, -0.15) is 0 Å². The molecule has 4 nitrogen and oxygen atoms in total. The summed E-state index contributed by atoms with van der Waals surface area (Å²) in [5.74, 6) is -0.238. The van der Waals surface area contributed by atoms with Crippen LogP contribution in [0.1, 0.15) is 24.2 Å². The standard InChI is InChI=1S/C10H12N2O2/c1-6(13)8-3-4-10(9(11)5-8)12-7(2)14/h3-5H,11H2,1-2H3,(H,12,14). The molecule has 0 aliphatic heterocycles. The summed E-state index contributed by atoms with van der Waals surface area (Å²) in [5, 5.41) is 2.56. The fraction of sp³-hybridized carbons (Fsp3) is 0.200. The lowest BCUT2D eigenvalue weighted by atomic mass is 10.1. The number of benzene rings is 1. The van der Waals surface area contributed by atoms with E-state index in [1.807, 2.05) is 0 Å². The quantitative estimate of drug-likeness (QED) is 0.550. The molecule has 0 unspecified atom stereocenters. The number of ketones is 1. The van der Waals surface area contributed by atoms with Crippen molar-refractivity contribution in [1.29, 1.82) is 0 Å². The Labute approximate surface area is 82.1 Å². The molecule has 0 radical (unpaired) electrons. The highest BCUT2D eigenvalue weighted by Gasteiger charge is 2.04. The minimum Gasteiger partial charge on any atom is -0.397 e. The maximum absolute atomic E-state index is 11.0. The minimum absolute atomic E-state index is 0.0499. The molecule has 0 fully saturated rings. The molecule has 14 heavy (non-hydrogen) atoms. The van der Waals surface area contributed by atoms with Gasteiger partial charge in [0, 0.05) is 12.5 Å². The summed E-state index contributed by atoms with van der Waals surface area (Å²) in [6.45, 7) is 2.87. The number of Topliss-reactive ketones (excluding diaryl/α,β-unsaturated/α-hetero) is 1. The molecule has 1 amide bonds. The molecule has 0 saturated carbocycles. The third-order valence-electron chi connectivity index (χ3n) is 1.77. The molecule has 0 bridgehead atoms. The highest BCUT2D eigenvalue weighted by atomic mass is 16.1. The van der Waals surface area contributed by atoms with Crippen LogP contribution < -0.4 is 11.1 Å². The Morgan fingerprint density at radius 3 is 2.36 bits per heavy atom. The Hall–Kier alpha value is -1.84. The van der Waals surface area contributed by atoms with E-state index in [2.05, 4.69) is 5.32 Å². The van der Waals surface area contributed by atoms with Gasteiger partial charge in [-0.3, -0.25) is 9.59 Å². The lowest BCUT2D eigenvalue weighted by molar-refractivity contribution is -0.114. The topological polar surface area (TPSA) is 72.2 Å². The molecule has 0 spiro atoms. The lowest BCUT2D eigenvalue weighted by Crippen LogP contribution is -2.08. The molecule has 1 rings (SSSR count). The Kier molecular flexibility index (Phi) is 2.86. The minimum atomic E-state index is -0.188. The second-order valence-electron chi connectivity index (χ2n) is 3.04. The van der Waals surface area contributed by atoms with Crippen molar-refractivity contribution in [2.24, 2.45) is 0 Å². The van der Waals surface area contributed by atoms with Gasteiger partial charge >= 0.3 is 0 Å². The summed E-state index contributed by atoms with van der Waals surface area (Å²) >= 11 is 0. The van der Waals surface area contributed by atoms with Gasteiger partial charge in [-0.05, 0) is 25.1 Å². The summed E-state index contributed by atoms with van der Waals surface area (Å²) < 4.78 is 0. The number of amides is 1. The van der Waals surface area contributed by atoms with Gasteiger partial charge in [0.25, 0.3) is 0 Å². The number of nitrogens with two attached hydrogens (primary N) is 1. The zero-order chi connectivity index (χ0) is 10.7. The maximum atomic E-state index is 11.0. The number of hydrogen-bond donors (Lipinski definition) is 2. The number of hydrogen-bond acceptors (Lipinski definition) is 3. The molecule has 0 heterocycles. The van der Waals surface area contributed by atoms with Crippen LogP contribution in [0.5, 0.6) is 0 Å². The van der Waals surface area contributed by atoms with Crippen molar-refractivity contribution in [2.75, 3.05) is 11.1 Å². The Bertz CT molecular complexity index is 386. The maximum Gasteiger partial charge on any atom is 0.221 e. The second-order valence-corrected chi connectivity index (χ2v) is 3.04. The molecule has 1 aromatic rings. The average molecular weight is 192 g/mol. The summed E-state index contributed by atoms with van der Waals surface area (Å²) in [6, 6.07) is 4.80. The van der Waals surface area contributed by atoms with Gasteiger partial charge < -0.3 is 11.1 Å². The molecule has 74 valence electrons. The molecule has 0 saturated heterocycles. The lowest BCUT2D eigenvalue weighted by Gasteiger charge is -2.06. The zero-order valence-electron chi connectivity index (χ0n) is 8.13. The van der Waals surface area contributed by atoms with Crippen LogP contribution in [0.3, 0.4) is 0 Å². The number of nitrogens with one attached hydrogen (secondary N) is 1. The molecule has 1 aromatic carbocycles. The van der Waals surface area contributed by atoms with Crippen molar-refractivity contribution >= 4 is 23.1 Å². The second kappa shape index (κ2) is 3.91. The van der Waals surface area contributed by atoms with Gasteiger partial charge in [0.05, 0.1) is 11.4 Å². The summed E-state index contributed by atoms with van der Waals surface area (Å²) in [7, 11) is 0. The van der Waals surface area contributed by atoms with E-state index in [-0.39, 0.29) is 11.7 Å². The van der Waals surface area contributed by atoms with E-state index in [1.165, 1.54) is 13.8 Å². The SMILES string of the molecule is CC(=O)Nc1ccc(C(C)=O)cc1N. The number of carbonyl (C=O) groups excluding carboxylic acids is 2. The molecule has 3 N–H and O–H groups in total. The number of nitrogen functional groups attached to an aromatic ring is 1. The Balaban J connectivity index is 3.01. The third kappa shape index (κ3) is 2.32.